The smallest absolute Gasteiger partial charge is 0.407 e. The molecule has 0 aliphatic heterocycles. The van der Waals surface area contributed by atoms with Crippen molar-refractivity contribution in [2.45, 2.75) is 185 Å². The van der Waals surface area contributed by atoms with Crippen LogP contribution in [0.3, 0.4) is 0 Å². The Morgan fingerprint density at radius 2 is 0.929 bits per heavy atom. The summed E-state index contributed by atoms with van der Waals surface area (Å²) < 4.78 is 4.92. The highest BCUT2D eigenvalue weighted by Crippen LogP contribution is 2.18. The van der Waals surface area contributed by atoms with Gasteiger partial charge in [0.25, 0.3) is 0 Å². The van der Waals surface area contributed by atoms with Crippen molar-refractivity contribution in [1.29, 1.82) is 0 Å². The number of ether oxygens (including phenoxy) is 1. The van der Waals surface area contributed by atoms with E-state index < -0.39 is 72.3 Å². The summed E-state index contributed by atoms with van der Waals surface area (Å²) in [5, 5.41) is 46.6. The molecule has 0 spiro atoms. The third-order valence-electron chi connectivity index (χ3n) is 13.0. The molecule has 4 atom stereocenters. The van der Waals surface area contributed by atoms with E-state index in [0.29, 0.717) is 134 Å². The second-order valence-electron chi connectivity index (χ2n) is 20.2. The number of phenols is 1. The van der Waals surface area contributed by atoms with E-state index in [0.717, 1.165) is 0 Å². The van der Waals surface area contributed by atoms with Crippen LogP contribution in [0, 0.1) is 24.7 Å². The van der Waals surface area contributed by atoms with Crippen molar-refractivity contribution in [3.05, 3.63) is 42.5 Å². The highest BCUT2D eigenvalue weighted by molar-refractivity contribution is 5.94. The van der Waals surface area contributed by atoms with Crippen molar-refractivity contribution in [3.8, 4) is 30.4 Å². The molecule has 0 heterocycles. The number of carboxylic acids is 1. The number of alkyl carbamates (subject to hydrolysis) is 1. The number of amides is 10. The van der Waals surface area contributed by atoms with E-state index in [1.807, 2.05) is 0 Å². The zero-order chi connectivity index (χ0) is 62.9. The summed E-state index contributed by atoms with van der Waals surface area (Å²) in [6, 6.07) is 1.30. The summed E-state index contributed by atoms with van der Waals surface area (Å²) in [5.41, 5.74) is 6.03. The third kappa shape index (κ3) is 39.1. The summed E-state index contributed by atoms with van der Waals surface area (Å²) >= 11 is 0. The number of carboxylic acid groups (broad SMARTS) is 1. The average molecular weight is 1190 g/mol. The molecule has 0 bridgehead atoms. The predicted molar refractivity (Wildman–Crippen MR) is 319 cm³/mol. The predicted octanol–water partition coefficient (Wildman–Crippen LogP) is 2.56. The minimum absolute atomic E-state index is 0.0482. The number of rotatable bonds is 49. The Bertz CT molecular complexity index is 2320. The summed E-state index contributed by atoms with van der Waals surface area (Å²) in [6.07, 6.45) is 21.1. The zero-order valence-corrected chi connectivity index (χ0v) is 49.3. The van der Waals surface area contributed by atoms with Crippen molar-refractivity contribution in [2.24, 2.45) is 5.73 Å². The fourth-order valence-electron chi connectivity index (χ4n) is 8.28. The molecule has 0 saturated heterocycles. The first-order chi connectivity index (χ1) is 40.9. The van der Waals surface area contributed by atoms with Crippen LogP contribution in [0.25, 0.3) is 0 Å². The first kappa shape index (κ1) is 74.8. The Labute approximate surface area is 500 Å². The number of carbonyl (C=O) groups is 11. The molecule has 0 saturated carbocycles. The van der Waals surface area contributed by atoms with E-state index in [2.05, 4.69) is 71.6 Å². The largest absolute Gasteiger partial charge is 0.508 e. The van der Waals surface area contributed by atoms with Crippen LogP contribution in [0.5, 0.6) is 5.75 Å². The molecule has 0 aliphatic rings. The molecule has 0 aliphatic carbocycles. The highest BCUT2D eigenvalue weighted by Gasteiger charge is 2.28. The van der Waals surface area contributed by atoms with Crippen LogP contribution in [0.15, 0.2) is 36.9 Å². The van der Waals surface area contributed by atoms with Crippen LogP contribution in [0.1, 0.15) is 172 Å². The molecule has 4 unspecified atom stereocenters. The summed E-state index contributed by atoms with van der Waals surface area (Å²) in [7, 11) is 0. The van der Waals surface area contributed by atoms with Crippen LogP contribution in [-0.4, -0.2) is 146 Å². The molecular formula is C60H93N11O14. The normalized spacial score (nSPS) is 11.9. The molecule has 1 aromatic carbocycles. The lowest BCUT2D eigenvalue weighted by Crippen LogP contribution is -2.51. The minimum Gasteiger partial charge on any atom is -0.508 e. The monoisotopic (exact) mass is 1190 g/mol. The minimum atomic E-state index is -1.31. The number of aliphatic carboxylic acids is 1. The number of terminal acetylenes is 2. The molecule has 0 radical (unpaired) electrons. The van der Waals surface area contributed by atoms with Gasteiger partial charge in [-0.15, -0.1) is 24.7 Å². The van der Waals surface area contributed by atoms with Gasteiger partial charge in [0.1, 0.15) is 36.5 Å². The number of unbranched alkanes of at least 4 members (excludes halogenated alkanes) is 9. The highest BCUT2D eigenvalue weighted by atomic mass is 16.5. The summed E-state index contributed by atoms with van der Waals surface area (Å²) in [6.45, 7) is 5.02. The first-order valence-electron chi connectivity index (χ1n) is 29.6. The Hall–Kier alpha value is -8.19. The Morgan fingerprint density at radius 3 is 1.42 bits per heavy atom. The summed E-state index contributed by atoms with van der Waals surface area (Å²) in [5.74, 6) is -0.192. The number of carbonyl (C=O) groups excluding carboxylic acids is 10. The van der Waals surface area contributed by atoms with E-state index in [4.69, 9.17) is 23.3 Å². The maximum atomic E-state index is 13.9. The molecule has 14 N–H and O–H groups in total. The van der Waals surface area contributed by atoms with Crippen LogP contribution in [0.2, 0.25) is 0 Å². The van der Waals surface area contributed by atoms with Gasteiger partial charge in [-0.25, -0.2) is 9.59 Å². The number of nitrogens with two attached hydrogens (primary N) is 1. The van der Waals surface area contributed by atoms with Gasteiger partial charge >= 0.3 is 12.1 Å². The maximum absolute atomic E-state index is 13.9. The lowest BCUT2D eigenvalue weighted by Gasteiger charge is -2.24. The quantitative estimate of drug-likeness (QED) is 0.0253. The van der Waals surface area contributed by atoms with E-state index >= 15 is 0 Å². The van der Waals surface area contributed by atoms with Gasteiger partial charge in [-0.2, -0.15) is 0 Å². The average Bonchev–Trinajstić information content (AvgIpc) is 3.66. The third-order valence-corrected chi connectivity index (χ3v) is 13.0. The topological polar surface area (TPSA) is 384 Å². The van der Waals surface area contributed by atoms with E-state index in [1.54, 1.807) is 0 Å². The fourth-order valence-corrected chi connectivity index (χ4v) is 8.28. The molecule has 25 nitrogen and oxygen atoms in total. The molecule has 0 aromatic heterocycles. The van der Waals surface area contributed by atoms with E-state index in [9.17, 15) is 63.0 Å². The Balaban J connectivity index is 2.74. The molecule has 1 aromatic rings. The number of hydrogen-bond acceptors (Lipinski definition) is 14. The zero-order valence-electron chi connectivity index (χ0n) is 49.3. The second-order valence-corrected chi connectivity index (χ2v) is 20.2. The lowest BCUT2D eigenvalue weighted by atomic mass is 10.0. The molecule has 1 rings (SSSR count). The number of phenolic OH excluding ortho intramolecular Hbond substituents is 1. The first-order valence-corrected chi connectivity index (χ1v) is 29.6. The van der Waals surface area contributed by atoms with Crippen LogP contribution < -0.4 is 58.9 Å². The van der Waals surface area contributed by atoms with Crippen molar-refractivity contribution in [2.75, 3.05) is 52.4 Å². The molecular weight excluding hydrogens is 1100 g/mol. The van der Waals surface area contributed by atoms with Crippen LogP contribution >= 0.6 is 0 Å². The van der Waals surface area contributed by atoms with Gasteiger partial charge in [0.05, 0.1) is 6.54 Å². The van der Waals surface area contributed by atoms with Gasteiger partial charge < -0.3 is 73.9 Å². The molecule has 25 heteroatoms. The second kappa shape index (κ2) is 48.2. The molecule has 85 heavy (non-hydrogen) atoms. The van der Waals surface area contributed by atoms with Gasteiger partial charge in [0.15, 0.2) is 0 Å². The van der Waals surface area contributed by atoms with Crippen LogP contribution in [0.4, 0.5) is 4.79 Å². The number of aromatic hydroxyl groups is 1. The van der Waals surface area contributed by atoms with Crippen molar-refractivity contribution >= 4 is 65.2 Å². The fraction of sp³-hybridized carbons (Fsp3) is 0.617. The van der Waals surface area contributed by atoms with Gasteiger partial charge in [0, 0.05) is 77.7 Å². The Morgan fingerprint density at radius 1 is 0.494 bits per heavy atom. The maximum Gasteiger partial charge on any atom is 0.407 e. The van der Waals surface area contributed by atoms with Gasteiger partial charge in [-0.1, -0.05) is 44.1 Å². The number of benzene rings is 1. The van der Waals surface area contributed by atoms with Crippen molar-refractivity contribution in [3.63, 3.8) is 0 Å². The standard InChI is InChI=1S/C60H93N11O14/c1-4-7-27-49(73)62-37-19-9-12-29-51(75)67-43-54(78)71-55(44-32-34-45(72)35-33-44)58(81)70-47(24-15-18-36-61)57(80)65-40-21-10-13-30-52(76)68-46(25-16-23-41-66-60(84)85-42-6-3)56(79)64-39-20-11-14-31-53(77)69-48(59(82)83)26-17-22-38-63-50(74)28-8-5-2/h1-2,6,32-35,46-48,55,72H,3,7-31,36-43,61H2,(H,62,73)(H,63,74)(H,64,79)(H,65,80)(H,66,84)(H,67,75)(H,68,76)(H,69,77)(H,70,81)(H,71,78)(H,82,83). The van der Waals surface area contributed by atoms with Crippen molar-refractivity contribution < 1.29 is 67.7 Å². The number of nitrogens with one attached hydrogen (secondary N) is 10. The molecule has 472 valence electrons. The number of hydrogen-bond donors (Lipinski definition) is 13. The van der Waals surface area contributed by atoms with Gasteiger partial charge in [-0.05, 0) is 121 Å². The van der Waals surface area contributed by atoms with Gasteiger partial charge in [-0.3, -0.25) is 43.2 Å². The van der Waals surface area contributed by atoms with Gasteiger partial charge in [0.2, 0.25) is 53.2 Å². The van der Waals surface area contributed by atoms with E-state index in [-0.39, 0.29) is 107 Å². The van der Waals surface area contributed by atoms with Crippen LogP contribution in [-0.2, 0) is 52.7 Å². The molecule has 0 fully saturated rings. The Kier molecular flexibility index (Phi) is 42.4. The van der Waals surface area contributed by atoms with Crippen molar-refractivity contribution in [1.82, 2.24) is 53.2 Å². The SMILES string of the molecule is C#CCCC(=O)NCCCCCC(=O)NCC(=O)NC(C(=O)NC(CCCCN)C(=O)NCCCCCC(=O)NC(CCCCNC(=O)OCC=C)C(=O)NCCCCCC(=O)NC(CCCCNC(=O)CCC#C)C(=O)O)c1ccc(O)cc1. The van der Waals surface area contributed by atoms with E-state index in [1.165, 1.54) is 30.3 Å². The lowest BCUT2D eigenvalue weighted by molar-refractivity contribution is -0.142. The summed E-state index contributed by atoms with van der Waals surface area (Å²) in [4.78, 5) is 139. The molecule has 10 amide bonds.